The molecule has 0 saturated carbocycles. The van der Waals surface area contributed by atoms with Gasteiger partial charge in [-0.15, -0.1) is 0 Å². The molecule has 21 heavy (non-hydrogen) atoms. The Balaban J connectivity index is 1.62. The van der Waals surface area contributed by atoms with E-state index < -0.39 is 0 Å². The highest BCUT2D eigenvalue weighted by atomic mass is 16.1. The number of allylic oxidation sites excluding steroid dienone is 5. The summed E-state index contributed by atoms with van der Waals surface area (Å²) in [4.78, 5) is 16.3. The summed E-state index contributed by atoms with van der Waals surface area (Å²) in [6.07, 6.45) is 8.16. The quantitative estimate of drug-likeness (QED) is 0.920. The molecular weight excluding hydrogens is 260 g/mol. The Morgan fingerprint density at radius 3 is 2.81 bits per heavy atom. The van der Waals surface area contributed by atoms with Crippen molar-refractivity contribution in [1.29, 1.82) is 0 Å². The van der Waals surface area contributed by atoms with Crippen LogP contribution < -0.4 is 5.32 Å². The molecule has 1 N–H and O–H groups in total. The topological polar surface area (TPSA) is 41.5 Å². The van der Waals surface area contributed by atoms with Gasteiger partial charge in [-0.3, -0.25) is 4.79 Å². The summed E-state index contributed by atoms with van der Waals surface area (Å²) in [6.45, 7) is 3.32. The molecule has 1 aliphatic heterocycles. The molecule has 1 amide bonds. The average molecular weight is 278 g/mol. The van der Waals surface area contributed by atoms with Crippen LogP contribution in [0.2, 0.25) is 0 Å². The monoisotopic (exact) mass is 278 g/mol. The Morgan fingerprint density at radius 1 is 1.19 bits per heavy atom. The summed E-state index contributed by atoms with van der Waals surface area (Å²) in [6, 6.07) is 10.2. The van der Waals surface area contributed by atoms with Gasteiger partial charge in [0, 0.05) is 24.6 Å². The van der Waals surface area contributed by atoms with Crippen LogP contribution in [0.15, 0.2) is 70.8 Å². The highest BCUT2D eigenvalue weighted by Gasteiger charge is 2.22. The molecule has 1 atom stereocenters. The number of fused-ring (bicyclic) bond motifs is 1. The standard InChI is InChI=1S/C18H18N2O/c1-13-7-8-15-10-16(18(21)20-17(15)9-13)12-19-11-14-5-3-2-4-6-14/h2-10,15,19H,11-12H2,1H3. The van der Waals surface area contributed by atoms with Gasteiger partial charge >= 0.3 is 0 Å². The first-order valence-corrected chi connectivity index (χ1v) is 7.17. The highest BCUT2D eigenvalue weighted by molar-refractivity contribution is 6.13. The van der Waals surface area contributed by atoms with E-state index in [-0.39, 0.29) is 11.8 Å². The number of hydrogen-bond donors (Lipinski definition) is 1. The fourth-order valence-corrected chi connectivity index (χ4v) is 2.53. The number of nitrogens with zero attached hydrogens (tertiary/aromatic N) is 1. The lowest BCUT2D eigenvalue weighted by molar-refractivity contribution is -0.114. The van der Waals surface area contributed by atoms with Crippen LogP contribution in [0.4, 0.5) is 0 Å². The molecule has 1 aliphatic carbocycles. The minimum Gasteiger partial charge on any atom is -0.308 e. The van der Waals surface area contributed by atoms with Crippen LogP contribution in [0.1, 0.15) is 12.5 Å². The molecule has 3 nitrogen and oxygen atoms in total. The third kappa shape index (κ3) is 3.26. The maximum absolute atomic E-state index is 12.0. The zero-order chi connectivity index (χ0) is 14.7. The van der Waals surface area contributed by atoms with Crippen molar-refractivity contribution in [3.05, 3.63) is 71.3 Å². The Labute approximate surface area is 124 Å². The van der Waals surface area contributed by atoms with E-state index >= 15 is 0 Å². The van der Waals surface area contributed by atoms with Crippen molar-refractivity contribution in [3.63, 3.8) is 0 Å². The zero-order valence-electron chi connectivity index (χ0n) is 12.0. The second kappa shape index (κ2) is 6.02. The molecule has 1 heterocycles. The van der Waals surface area contributed by atoms with Crippen molar-refractivity contribution in [2.45, 2.75) is 13.5 Å². The predicted octanol–water partition coefficient (Wildman–Crippen LogP) is 2.82. The molecule has 0 fully saturated rings. The van der Waals surface area contributed by atoms with Crippen LogP contribution in [-0.4, -0.2) is 18.2 Å². The summed E-state index contributed by atoms with van der Waals surface area (Å²) in [7, 11) is 0. The fraction of sp³-hybridized carbons (Fsp3) is 0.222. The second-order valence-corrected chi connectivity index (χ2v) is 5.40. The lowest BCUT2D eigenvalue weighted by Crippen LogP contribution is -2.26. The maximum Gasteiger partial charge on any atom is 0.274 e. The Hall–Kier alpha value is -2.26. The molecule has 0 spiro atoms. The van der Waals surface area contributed by atoms with Gasteiger partial charge in [-0.2, -0.15) is 0 Å². The van der Waals surface area contributed by atoms with Crippen molar-refractivity contribution in [3.8, 4) is 0 Å². The molecule has 0 saturated heterocycles. The molecule has 3 rings (SSSR count). The van der Waals surface area contributed by atoms with Crippen molar-refractivity contribution in [1.82, 2.24) is 5.32 Å². The van der Waals surface area contributed by atoms with Crippen LogP contribution in [0, 0.1) is 5.92 Å². The minimum absolute atomic E-state index is 0.124. The van der Waals surface area contributed by atoms with Crippen LogP contribution in [0.3, 0.4) is 0 Å². The fourth-order valence-electron chi connectivity index (χ4n) is 2.53. The van der Waals surface area contributed by atoms with E-state index in [9.17, 15) is 4.79 Å². The van der Waals surface area contributed by atoms with E-state index in [2.05, 4.69) is 34.6 Å². The van der Waals surface area contributed by atoms with Crippen molar-refractivity contribution >= 4 is 11.6 Å². The summed E-state index contributed by atoms with van der Waals surface area (Å²) >= 11 is 0. The van der Waals surface area contributed by atoms with E-state index in [1.54, 1.807) is 0 Å². The summed E-state index contributed by atoms with van der Waals surface area (Å²) in [5, 5.41) is 3.31. The first-order chi connectivity index (χ1) is 10.2. The third-order valence-electron chi connectivity index (χ3n) is 3.66. The van der Waals surface area contributed by atoms with Gasteiger partial charge in [-0.25, -0.2) is 4.99 Å². The Kier molecular flexibility index (Phi) is 3.93. The van der Waals surface area contributed by atoms with Gasteiger partial charge in [0.05, 0.1) is 5.71 Å². The second-order valence-electron chi connectivity index (χ2n) is 5.40. The number of benzene rings is 1. The zero-order valence-corrected chi connectivity index (χ0v) is 12.0. The number of amides is 1. The largest absolute Gasteiger partial charge is 0.308 e. The number of carbonyl (C=O) groups excluding carboxylic acids is 1. The Morgan fingerprint density at radius 2 is 2.00 bits per heavy atom. The van der Waals surface area contributed by atoms with E-state index in [0.717, 1.165) is 23.4 Å². The Bertz CT molecular complexity index is 666. The van der Waals surface area contributed by atoms with Gasteiger partial charge in [0.1, 0.15) is 0 Å². The summed E-state index contributed by atoms with van der Waals surface area (Å²) in [5.74, 6) is 0.0149. The highest BCUT2D eigenvalue weighted by Crippen LogP contribution is 2.21. The molecule has 1 unspecified atom stereocenters. The van der Waals surface area contributed by atoms with E-state index in [1.165, 1.54) is 5.56 Å². The number of rotatable bonds is 4. The van der Waals surface area contributed by atoms with Gasteiger partial charge in [0.2, 0.25) is 0 Å². The van der Waals surface area contributed by atoms with E-state index in [4.69, 9.17) is 0 Å². The predicted molar refractivity (Wildman–Crippen MR) is 85.1 cm³/mol. The number of nitrogens with one attached hydrogen (secondary N) is 1. The molecular formula is C18H18N2O. The summed E-state index contributed by atoms with van der Waals surface area (Å²) in [5.41, 5.74) is 3.95. The van der Waals surface area contributed by atoms with Gasteiger partial charge in [-0.1, -0.05) is 48.6 Å². The number of aliphatic imine (C=N–C) groups is 1. The van der Waals surface area contributed by atoms with E-state index in [0.29, 0.717) is 6.54 Å². The maximum atomic E-state index is 12.0. The molecule has 3 heteroatoms. The molecule has 1 aromatic rings. The molecule has 0 radical (unpaired) electrons. The van der Waals surface area contributed by atoms with Crippen LogP contribution in [0.5, 0.6) is 0 Å². The number of hydrogen-bond acceptors (Lipinski definition) is 2. The van der Waals surface area contributed by atoms with Crippen LogP contribution in [-0.2, 0) is 11.3 Å². The molecule has 0 aromatic heterocycles. The first-order valence-electron chi connectivity index (χ1n) is 7.17. The molecule has 2 aliphatic rings. The third-order valence-corrected chi connectivity index (χ3v) is 3.66. The van der Waals surface area contributed by atoms with Crippen LogP contribution in [0.25, 0.3) is 0 Å². The van der Waals surface area contributed by atoms with Gasteiger partial charge in [0.15, 0.2) is 0 Å². The lowest BCUT2D eigenvalue weighted by Gasteiger charge is -2.20. The van der Waals surface area contributed by atoms with E-state index in [1.807, 2.05) is 37.3 Å². The smallest absolute Gasteiger partial charge is 0.274 e. The molecule has 106 valence electrons. The number of carbonyl (C=O) groups is 1. The molecule has 0 bridgehead atoms. The van der Waals surface area contributed by atoms with Crippen LogP contribution >= 0.6 is 0 Å². The minimum atomic E-state index is -0.124. The molecule has 1 aromatic carbocycles. The summed E-state index contributed by atoms with van der Waals surface area (Å²) < 4.78 is 0. The SMILES string of the molecule is CC1=CC2=NC(=O)C(CNCc3ccccc3)=CC2C=C1. The van der Waals surface area contributed by atoms with Gasteiger partial charge < -0.3 is 5.32 Å². The number of dihydropyridines is 1. The van der Waals surface area contributed by atoms with Gasteiger partial charge in [0.25, 0.3) is 5.91 Å². The van der Waals surface area contributed by atoms with Crippen molar-refractivity contribution < 1.29 is 4.79 Å². The first kappa shape index (κ1) is 13.7. The van der Waals surface area contributed by atoms with Crippen molar-refractivity contribution in [2.24, 2.45) is 10.9 Å². The van der Waals surface area contributed by atoms with Gasteiger partial charge in [-0.05, 0) is 24.1 Å². The normalized spacial score (nSPS) is 20.5. The van der Waals surface area contributed by atoms with Crippen molar-refractivity contribution in [2.75, 3.05) is 6.54 Å². The lowest BCUT2D eigenvalue weighted by atomic mass is 9.90. The average Bonchev–Trinajstić information content (AvgIpc) is 2.49.